The summed E-state index contributed by atoms with van der Waals surface area (Å²) >= 11 is 0. The van der Waals surface area contributed by atoms with E-state index in [1.807, 2.05) is 10.9 Å². The highest BCUT2D eigenvalue weighted by Gasteiger charge is 2.01. The first-order valence-corrected chi connectivity index (χ1v) is 5.67. The zero-order chi connectivity index (χ0) is 12.3. The van der Waals surface area contributed by atoms with Crippen molar-refractivity contribution in [3.63, 3.8) is 0 Å². The molecule has 1 aromatic carbocycles. The van der Waals surface area contributed by atoms with Crippen LogP contribution in [-0.4, -0.2) is 9.78 Å². The van der Waals surface area contributed by atoms with Gasteiger partial charge in [0, 0.05) is 18.8 Å². The Labute approximate surface area is 100 Å². The molecule has 1 heterocycles. The zero-order valence-corrected chi connectivity index (χ0v) is 10.0. The van der Waals surface area contributed by atoms with Crippen molar-refractivity contribution in [1.29, 1.82) is 0 Å². The van der Waals surface area contributed by atoms with Gasteiger partial charge >= 0.3 is 0 Å². The van der Waals surface area contributed by atoms with E-state index >= 15 is 0 Å². The minimum atomic E-state index is -0.207. The third-order valence-corrected chi connectivity index (χ3v) is 2.54. The average Bonchev–Trinajstić information content (AvgIpc) is 2.77. The van der Waals surface area contributed by atoms with Gasteiger partial charge in [0.25, 0.3) is 0 Å². The fourth-order valence-electron chi connectivity index (χ4n) is 1.52. The van der Waals surface area contributed by atoms with Gasteiger partial charge in [0.15, 0.2) is 0 Å². The van der Waals surface area contributed by atoms with Gasteiger partial charge in [-0.3, -0.25) is 4.68 Å². The van der Waals surface area contributed by atoms with Crippen LogP contribution in [0.4, 0.5) is 10.1 Å². The second-order valence-electron chi connectivity index (χ2n) is 4.28. The number of hydrogen-bond donors (Lipinski definition) is 1. The summed E-state index contributed by atoms with van der Waals surface area (Å²) in [6.45, 7) is 4.83. The molecule has 2 rings (SSSR count). The minimum absolute atomic E-state index is 0.207. The van der Waals surface area contributed by atoms with E-state index in [1.54, 1.807) is 18.3 Å². The first-order valence-electron chi connectivity index (χ1n) is 5.67. The number of aromatic nitrogens is 2. The molecular formula is C13H16FN3. The highest BCUT2D eigenvalue weighted by Crippen LogP contribution is 2.11. The third kappa shape index (κ3) is 3.06. The predicted molar refractivity (Wildman–Crippen MR) is 66.3 cm³/mol. The summed E-state index contributed by atoms with van der Waals surface area (Å²) < 4.78 is 14.6. The number of halogens is 1. The normalized spacial score (nSPS) is 10.8. The first-order chi connectivity index (χ1) is 8.15. The summed E-state index contributed by atoms with van der Waals surface area (Å²) in [5, 5.41) is 7.49. The number of benzene rings is 1. The fourth-order valence-corrected chi connectivity index (χ4v) is 1.52. The second kappa shape index (κ2) is 4.99. The molecule has 17 heavy (non-hydrogen) atoms. The number of hydrogen-bond acceptors (Lipinski definition) is 2. The van der Waals surface area contributed by atoms with Gasteiger partial charge in [-0.1, -0.05) is 12.1 Å². The molecule has 3 nitrogen and oxygen atoms in total. The van der Waals surface area contributed by atoms with Crippen LogP contribution in [0.3, 0.4) is 0 Å². The van der Waals surface area contributed by atoms with E-state index in [2.05, 4.69) is 24.3 Å². The molecule has 0 fully saturated rings. The number of nitrogens with one attached hydrogen (secondary N) is 1. The van der Waals surface area contributed by atoms with Gasteiger partial charge in [0.2, 0.25) is 0 Å². The van der Waals surface area contributed by atoms with E-state index in [0.29, 0.717) is 12.6 Å². The van der Waals surface area contributed by atoms with Crippen molar-refractivity contribution in [2.45, 2.75) is 26.4 Å². The maximum atomic E-state index is 12.7. The first kappa shape index (κ1) is 11.6. The van der Waals surface area contributed by atoms with E-state index in [4.69, 9.17) is 0 Å². The van der Waals surface area contributed by atoms with Crippen molar-refractivity contribution in [2.75, 3.05) is 5.32 Å². The van der Waals surface area contributed by atoms with Crippen LogP contribution < -0.4 is 5.32 Å². The van der Waals surface area contributed by atoms with Crippen LogP contribution in [0.25, 0.3) is 0 Å². The SMILES string of the molecule is CC(C)n1cc(NCc2ccc(F)cc2)cn1. The molecule has 1 aromatic heterocycles. The Hall–Kier alpha value is -1.84. The fraction of sp³-hybridized carbons (Fsp3) is 0.308. The molecule has 2 aromatic rings. The van der Waals surface area contributed by atoms with Crippen LogP contribution in [-0.2, 0) is 6.54 Å². The number of rotatable bonds is 4. The molecule has 0 radical (unpaired) electrons. The lowest BCUT2D eigenvalue weighted by Gasteiger charge is -2.05. The van der Waals surface area contributed by atoms with Crippen molar-refractivity contribution >= 4 is 5.69 Å². The van der Waals surface area contributed by atoms with Crippen molar-refractivity contribution in [3.8, 4) is 0 Å². The van der Waals surface area contributed by atoms with Crippen LogP contribution in [0.1, 0.15) is 25.5 Å². The van der Waals surface area contributed by atoms with Gasteiger partial charge in [-0.25, -0.2) is 4.39 Å². The zero-order valence-electron chi connectivity index (χ0n) is 10.0. The molecule has 0 bridgehead atoms. The van der Waals surface area contributed by atoms with Gasteiger partial charge < -0.3 is 5.32 Å². The average molecular weight is 233 g/mol. The van der Waals surface area contributed by atoms with Crippen LogP contribution in [0.2, 0.25) is 0 Å². The lowest BCUT2D eigenvalue weighted by Crippen LogP contribution is -2.01. The van der Waals surface area contributed by atoms with Gasteiger partial charge in [0.1, 0.15) is 5.82 Å². The molecule has 0 saturated carbocycles. The molecule has 90 valence electrons. The molecular weight excluding hydrogens is 217 g/mol. The van der Waals surface area contributed by atoms with E-state index < -0.39 is 0 Å². The Morgan fingerprint density at radius 1 is 1.29 bits per heavy atom. The molecule has 0 amide bonds. The Morgan fingerprint density at radius 3 is 2.59 bits per heavy atom. The molecule has 0 unspecified atom stereocenters. The van der Waals surface area contributed by atoms with Crippen molar-refractivity contribution in [3.05, 3.63) is 48.0 Å². The molecule has 0 atom stereocenters. The summed E-state index contributed by atoms with van der Waals surface area (Å²) in [4.78, 5) is 0. The van der Waals surface area contributed by atoms with Gasteiger partial charge in [0.05, 0.1) is 11.9 Å². The summed E-state index contributed by atoms with van der Waals surface area (Å²) in [6.07, 6.45) is 3.76. The van der Waals surface area contributed by atoms with Crippen molar-refractivity contribution in [2.24, 2.45) is 0 Å². The van der Waals surface area contributed by atoms with Gasteiger partial charge in [-0.05, 0) is 31.5 Å². The van der Waals surface area contributed by atoms with Crippen LogP contribution >= 0.6 is 0 Å². The Bertz CT molecular complexity index is 474. The Kier molecular flexibility index (Phi) is 3.42. The van der Waals surface area contributed by atoms with Crippen molar-refractivity contribution in [1.82, 2.24) is 9.78 Å². The molecule has 0 aliphatic carbocycles. The lowest BCUT2D eigenvalue weighted by molar-refractivity contribution is 0.532. The number of nitrogens with zero attached hydrogens (tertiary/aromatic N) is 2. The number of anilines is 1. The summed E-state index contributed by atoms with van der Waals surface area (Å²) in [5.41, 5.74) is 2.02. The topological polar surface area (TPSA) is 29.9 Å². The maximum Gasteiger partial charge on any atom is 0.123 e. The van der Waals surface area contributed by atoms with Crippen LogP contribution in [0.5, 0.6) is 0 Å². The Morgan fingerprint density at radius 2 is 2.00 bits per heavy atom. The van der Waals surface area contributed by atoms with Gasteiger partial charge in [-0.2, -0.15) is 5.10 Å². The summed E-state index contributed by atoms with van der Waals surface area (Å²) in [6, 6.07) is 6.84. The highest BCUT2D eigenvalue weighted by molar-refractivity contribution is 5.39. The van der Waals surface area contributed by atoms with Crippen LogP contribution in [0, 0.1) is 5.82 Å². The maximum absolute atomic E-state index is 12.7. The molecule has 0 spiro atoms. The smallest absolute Gasteiger partial charge is 0.123 e. The summed E-state index contributed by atoms with van der Waals surface area (Å²) in [7, 11) is 0. The van der Waals surface area contributed by atoms with E-state index in [1.165, 1.54) is 12.1 Å². The second-order valence-corrected chi connectivity index (χ2v) is 4.28. The monoisotopic (exact) mass is 233 g/mol. The van der Waals surface area contributed by atoms with Crippen LogP contribution in [0.15, 0.2) is 36.7 Å². The third-order valence-electron chi connectivity index (χ3n) is 2.54. The summed E-state index contributed by atoms with van der Waals surface area (Å²) in [5.74, 6) is -0.207. The molecule has 4 heteroatoms. The van der Waals surface area contributed by atoms with E-state index in [0.717, 1.165) is 11.3 Å². The minimum Gasteiger partial charge on any atom is -0.378 e. The highest BCUT2D eigenvalue weighted by atomic mass is 19.1. The van der Waals surface area contributed by atoms with E-state index in [9.17, 15) is 4.39 Å². The molecule has 0 saturated heterocycles. The Balaban J connectivity index is 1.95. The lowest BCUT2D eigenvalue weighted by atomic mass is 10.2. The standard InChI is InChI=1S/C13H16FN3/c1-10(2)17-9-13(8-16-17)15-7-11-3-5-12(14)6-4-11/h3-6,8-10,15H,7H2,1-2H3. The quantitative estimate of drug-likeness (QED) is 0.878. The van der Waals surface area contributed by atoms with E-state index in [-0.39, 0.29) is 5.82 Å². The molecule has 0 aliphatic heterocycles. The molecule has 1 N–H and O–H groups in total. The van der Waals surface area contributed by atoms with Gasteiger partial charge in [-0.15, -0.1) is 0 Å². The predicted octanol–water partition coefficient (Wildman–Crippen LogP) is 3.22. The molecule has 0 aliphatic rings. The largest absolute Gasteiger partial charge is 0.378 e. The van der Waals surface area contributed by atoms with Crippen molar-refractivity contribution < 1.29 is 4.39 Å².